The zero-order valence-electron chi connectivity index (χ0n) is 15.2. The van der Waals surface area contributed by atoms with Gasteiger partial charge < -0.3 is 0 Å². The summed E-state index contributed by atoms with van der Waals surface area (Å²) in [5, 5.41) is 0. The van der Waals surface area contributed by atoms with E-state index in [4.69, 9.17) is 0 Å². The minimum atomic E-state index is -0.127. The molecule has 1 atom stereocenters. The van der Waals surface area contributed by atoms with Crippen molar-refractivity contribution in [2.45, 2.75) is 38.5 Å². The third-order valence-electron chi connectivity index (χ3n) is 3.59. The molecule has 1 unspecified atom stereocenters. The van der Waals surface area contributed by atoms with Gasteiger partial charge in [0.15, 0.2) is 9.80 Å². The van der Waals surface area contributed by atoms with Gasteiger partial charge in [-0.3, -0.25) is 0 Å². The quantitative estimate of drug-likeness (QED) is 0.332. The van der Waals surface area contributed by atoms with E-state index in [1.54, 1.807) is 0 Å². The fourth-order valence-corrected chi connectivity index (χ4v) is 4.31. The van der Waals surface area contributed by atoms with Crippen molar-refractivity contribution in [2.75, 3.05) is 0 Å². The summed E-state index contributed by atoms with van der Waals surface area (Å²) in [5.74, 6) is 0. The van der Waals surface area contributed by atoms with E-state index in [1.807, 2.05) is 25.2 Å². The summed E-state index contributed by atoms with van der Waals surface area (Å²) in [6.45, 7) is 14.6. The molecule has 0 nitrogen and oxygen atoms in total. The molecule has 0 fully saturated rings. The molecule has 0 aliphatic rings. The molecule has 0 aliphatic heterocycles. The van der Waals surface area contributed by atoms with Crippen LogP contribution in [0.2, 0.25) is 0 Å². The van der Waals surface area contributed by atoms with Crippen molar-refractivity contribution in [1.82, 2.24) is 0 Å². The highest BCUT2D eigenvalue weighted by atomic mass is 32.2. The molecule has 0 spiro atoms. The first-order chi connectivity index (χ1) is 11.7. The van der Waals surface area contributed by atoms with E-state index in [0.29, 0.717) is 0 Å². The molecule has 0 saturated heterocycles. The van der Waals surface area contributed by atoms with Crippen molar-refractivity contribution in [3.8, 4) is 0 Å². The fraction of sp³-hybridized carbons (Fsp3) is 0.217. The molecule has 0 saturated carbocycles. The van der Waals surface area contributed by atoms with Gasteiger partial charge >= 0.3 is 0 Å². The maximum absolute atomic E-state index is 4.35. The maximum atomic E-state index is 4.35. The van der Waals surface area contributed by atoms with Crippen LogP contribution in [0.15, 0.2) is 106 Å². The Kier molecular flexibility index (Phi) is 9.64. The minimum absolute atomic E-state index is 0.127. The van der Waals surface area contributed by atoms with Crippen LogP contribution < -0.4 is 0 Å². The van der Waals surface area contributed by atoms with Gasteiger partial charge in [-0.05, 0) is 49.8 Å². The van der Waals surface area contributed by atoms with Crippen LogP contribution >= 0.6 is 0 Å². The number of hydrogen-bond donors (Lipinski definition) is 0. The lowest BCUT2D eigenvalue weighted by molar-refractivity contribution is 1.14. The zero-order valence-corrected chi connectivity index (χ0v) is 16.0. The average Bonchev–Trinajstić information content (AvgIpc) is 2.62. The SMILES string of the molecule is C=C/C(=C\C=C(/CC)[S+](C(=C)/C=C\C=C/C)c1ccccc1)CC. The molecule has 0 amide bonds. The van der Waals surface area contributed by atoms with Crippen molar-refractivity contribution in [2.24, 2.45) is 0 Å². The summed E-state index contributed by atoms with van der Waals surface area (Å²) in [6.07, 6.45) is 16.6. The van der Waals surface area contributed by atoms with Gasteiger partial charge in [-0.15, -0.1) is 0 Å². The topological polar surface area (TPSA) is 0 Å². The Bertz CT molecular complexity index is 642. The summed E-state index contributed by atoms with van der Waals surface area (Å²) in [5.41, 5.74) is 1.26. The molecule has 0 radical (unpaired) electrons. The molecular formula is C23H29S+. The van der Waals surface area contributed by atoms with E-state index >= 15 is 0 Å². The Balaban J connectivity index is 3.29. The molecule has 24 heavy (non-hydrogen) atoms. The van der Waals surface area contributed by atoms with Gasteiger partial charge in [-0.2, -0.15) is 0 Å². The highest BCUT2D eigenvalue weighted by molar-refractivity contribution is 8.04. The highest BCUT2D eigenvalue weighted by Gasteiger charge is 2.29. The smallest absolute Gasteiger partial charge is 0.0988 e. The second-order valence-corrected chi connectivity index (χ2v) is 7.39. The third kappa shape index (κ3) is 6.25. The maximum Gasteiger partial charge on any atom is 0.166 e. The Labute approximate surface area is 151 Å². The van der Waals surface area contributed by atoms with Gasteiger partial charge in [0.05, 0.1) is 10.9 Å². The van der Waals surface area contributed by atoms with E-state index in [0.717, 1.165) is 17.7 Å². The van der Waals surface area contributed by atoms with E-state index in [9.17, 15) is 0 Å². The molecule has 0 aliphatic carbocycles. The molecule has 0 N–H and O–H groups in total. The Morgan fingerprint density at radius 2 is 1.75 bits per heavy atom. The van der Waals surface area contributed by atoms with Crippen LogP contribution in [0, 0.1) is 0 Å². The van der Waals surface area contributed by atoms with Crippen LogP contribution in [0.3, 0.4) is 0 Å². The van der Waals surface area contributed by atoms with E-state index in [1.165, 1.54) is 15.4 Å². The molecule has 0 bridgehead atoms. The van der Waals surface area contributed by atoms with Gasteiger partial charge in [-0.25, -0.2) is 0 Å². The Morgan fingerprint density at radius 1 is 1.04 bits per heavy atom. The predicted molar refractivity (Wildman–Crippen MR) is 112 cm³/mol. The number of allylic oxidation sites excluding steroid dienone is 9. The van der Waals surface area contributed by atoms with Crippen molar-refractivity contribution in [3.63, 3.8) is 0 Å². The monoisotopic (exact) mass is 337 g/mol. The molecular weight excluding hydrogens is 308 g/mol. The molecule has 0 aromatic heterocycles. The molecule has 1 heteroatoms. The van der Waals surface area contributed by atoms with E-state index < -0.39 is 0 Å². The summed E-state index contributed by atoms with van der Waals surface area (Å²) >= 11 is 0. The van der Waals surface area contributed by atoms with Crippen LogP contribution in [0.5, 0.6) is 0 Å². The first-order valence-electron chi connectivity index (χ1n) is 8.47. The van der Waals surface area contributed by atoms with E-state index in [2.05, 4.69) is 81.6 Å². The summed E-state index contributed by atoms with van der Waals surface area (Å²) < 4.78 is 0. The molecule has 126 valence electrons. The fourth-order valence-electron chi connectivity index (χ4n) is 2.23. The normalized spacial score (nSPS) is 14.3. The molecule has 1 aromatic carbocycles. The van der Waals surface area contributed by atoms with Gasteiger partial charge in [-0.1, -0.05) is 69.0 Å². The van der Waals surface area contributed by atoms with Crippen molar-refractivity contribution >= 4 is 10.9 Å². The van der Waals surface area contributed by atoms with Gasteiger partial charge in [0.2, 0.25) is 0 Å². The first-order valence-corrected chi connectivity index (χ1v) is 9.70. The second kappa shape index (κ2) is 11.5. The van der Waals surface area contributed by atoms with Crippen molar-refractivity contribution in [3.05, 3.63) is 101 Å². The summed E-state index contributed by atoms with van der Waals surface area (Å²) in [7, 11) is -0.127. The van der Waals surface area contributed by atoms with Gasteiger partial charge in [0.1, 0.15) is 4.91 Å². The van der Waals surface area contributed by atoms with Crippen LogP contribution in [-0.2, 0) is 10.9 Å². The Hall–Kier alpha value is -1.99. The minimum Gasteiger partial charge on any atom is -0.0988 e. The van der Waals surface area contributed by atoms with Gasteiger partial charge in [0, 0.05) is 6.42 Å². The average molecular weight is 338 g/mol. The van der Waals surface area contributed by atoms with Crippen LogP contribution in [0.4, 0.5) is 0 Å². The largest absolute Gasteiger partial charge is 0.166 e. The van der Waals surface area contributed by atoms with E-state index in [-0.39, 0.29) is 10.9 Å². The molecule has 1 rings (SSSR count). The second-order valence-electron chi connectivity index (χ2n) is 5.26. The van der Waals surface area contributed by atoms with Crippen molar-refractivity contribution < 1.29 is 0 Å². The predicted octanol–water partition coefficient (Wildman–Crippen LogP) is 7.13. The Morgan fingerprint density at radius 3 is 2.29 bits per heavy atom. The third-order valence-corrected chi connectivity index (χ3v) is 5.94. The van der Waals surface area contributed by atoms with Crippen LogP contribution in [-0.4, -0.2) is 0 Å². The number of hydrogen-bond acceptors (Lipinski definition) is 0. The summed E-state index contributed by atoms with van der Waals surface area (Å²) in [6, 6.07) is 10.6. The van der Waals surface area contributed by atoms with Gasteiger partial charge in [0.25, 0.3) is 0 Å². The lowest BCUT2D eigenvalue weighted by Gasteiger charge is -2.09. The van der Waals surface area contributed by atoms with Crippen molar-refractivity contribution in [1.29, 1.82) is 0 Å². The zero-order chi connectivity index (χ0) is 17.8. The summed E-state index contributed by atoms with van der Waals surface area (Å²) in [4.78, 5) is 3.84. The highest BCUT2D eigenvalue weighted by Crippen LogP contribution is 2.31. The number of rotatable bonds is 9. The van der Waals surface area contributed by atoms with Crippen LogP contribution in [0.1, 0.15) is 33.6 Å². The first kappa shape index (κ1) is 20.1. The molecule has 1 aromatic rings. The molecule has 0 heterocycles. The lowest BCUT2D eigenvalue weighted by Crippen LogP contribution is -2.07. The van der Waals surface area contributed by atoms with Crippen LogP contribution in [0.25, 0.3) is 0 Å². The number of benzene rings is 1. The lowest BCUT2D eigenvalue weighted by atomic mass is 10.2. The standard InChI is InChI=1S/C23H29S/c1-6-10-12-15-20(5)24(23-16-13-11-14-17-23)22(9-4)19-18-21(7-2)8-3/h6-7,10-19H,2,5,8-9H2,1,3-4H3/q+1/b10-6-,15-12-,21-18+,22-19+.